The van der Waals surface area contributed by atoms with Gasteiger partial charge in [0, 0.05) is 23.4 Å². The van der Waals surface area contributed by atoms with Gasteiger partial charge in [0.05, 0.1) is 15.1 Å². The van der Waals surface area contributed by atoms with Gasteiger partial charge < -0.3 is 14.8 Å². The number of carbonyl (C=O) groups is 1. The highest BCUT2D eigenvalue weighted by Crippen LogP contribution is 2.35. The van der Waals surface area contributed by atoms with Crippen LogP contribution in [0.15, 0.2) is 66.7 Å². The van der Waals surface area contributed by atoms with Crippen LogP contribution in [0.2, 0.25) is 0 Å². The number of amides is 1. The fourth-order valence-corrected chi connectivity index (χ4v) is 3.45. The maximum Gasteiger partial charge on any atom is 0.269 e. The molecular formula is C22H19IN2O5. The molecular weight excluding hydrogens is 499 g/mol. The molecule has 0 aliphatic carbocycles. The third-order valence-corrected chi connectivity index (χ3v) is 4.93. The van der Waals surface area contributed by atoms with Crippen LogP contribution in [-0.2, 0) is 6.61 Å². The second kappa shape index (κ2) is 10.1. The Morgan fingerprint density at radius 1 is 1.07 bits per heavy atom. The van der Waals surface area contributed by atoms with Crippen molar-refractivity contribution in [3.63, 3.8) is 0 Å². The van der Waals surface area contributed by atoms with Crippen molar-refractivity contribution in [1.82, 2.24) is 0 Å². The quantitative estimate of drug-likeness (QED) is 0.244. The third-order valence-electron chi connectivity index (χ3n) is 4.13. The van der Waals surface area contributed by atoms with E-state index in [0.717, 1.165) is 9.13 Å². The number of non-ortho nitro benzene ring substituents is 1. The molecule has 0 spiro atoms. The normalized spacial score (nSPS) is 10.3. The van der Waals surface area contributed by atoms with Crippen LogP contribution in [-0.4, -0.2) is 17.4 Å². The topological polar surface area (TPSA) is 90.7 Å². The Labute approximate surface area is 187 Å². The van der Waals surface area contributed by atoms with Gasteiger partial charge >= 0.3 is 0 Å². The van der Waals surface area contributed by atoms with E-state index >= 15 is 0 Å². The highest BCUT2D eigenvalue weighted by molar-refractivity contribution is 14.1. The van der Waals surface area contributed by atoms with Gasteiger partial charge in [-0.25, -0.2) is 0 Å². The monoisotopic (exact) mass is 518 g/mol. The van der Waals surface area contributed by atoms with Crippen molar-refractivity contribution in [1.29, 1.82) is 0 Å². The van der Waals surface area contributed by atoms with Crippen LogP contribution in [0.3, 0.4) is 0 Å². The Morgan fingerprint density at radius 2 is 1.77 bits per heavy atom. The first kappa shape index (κ1) is 21.6. The third kappa shape index (κ3) is 5.47. The molecule has 30 heavy (non-hydrogen) atoms. The van der Waals surface area contributed by atoms with Gasteiger partial charge in [-0.15, -0.1) is 0 Å². The number of rotatable bonds is 8. The minimum atomic E-state index is -0.489. The molecule has 0 bridgehead atoms. The molecule has 3 aromatic rings. The number of nitrogens with one attached hydrogen (secondary N) is 1. The number of carbonyl (C=O) groups excluding carboxylic acids is 1. The molecule has 0 heterocycles. The minimum Gasteiger partial charge on any atom is -0.489 e. The Bertz CT molecular complexity index is 1040. The van der Waals surface area contributed by atoms with Crippen LogP contribution in [0.25, 0.3) is 0 Å². The van der Waals surface area contributed by atoms with E-state index in [1.165, 1.54) is 24.3 Å². The van der Waals surface area contributed by atoms with Gasteiger partial charge in [0.25, 0.3) is 11.6 Å². The lowest BCUT2D eigenvalue weighted by Gasteiger charge is -2.15. The number of benzene rings is 3. The molecule has 0 unspecified atom stereocenters. The summed E-state index contributed by atoms with van der Waals surface area (Å²) in [5.41, 5.74) is 1.81. The lowest BCUT2D eigenvalue weighted by molar-refractivity contribution is -0.384. The minimum absolute atomic E-state index is 0.0415. The summed E-state index contributed by atoms with van der Waals surface area (Å²) in [6.07, 6.45) is 0. The van der Waals surface area contributed by atoms with Crippen molar-refractivity contribution in [2.24, 2.45) is 0 Å². The molecule has 0 radical (unpaired) electrons. The predicted molar refractivity (Wildman–Crippen MR) is 122 cm³/mol. The number of hydrogen-bond donors (Lipinski definition) is 1. The number of nitro groups is 1. The van der Waals surface area contributed by atoms with Gasteiger partial charge in [-0.1, -0.05) is 30.3 Å². The Hall–Kier alpha value is -3.14. The van der Waals surface area contributed by atoms with Crippen molar-refractivity contribution < 1.29 is 19.2 Å². The second-order valence-electron chi connectivity index (χ2n) is 6.25. The van der Waals surface area contributed by atoms with Crippen molar-refractivity contribution >= 4 is 39.9 Å². The van der Waals surface area contributed by atoms with Crippen LogP contribution in [0.1, 0.15) is 22.8 Å². The zero-order valence-corrected chi connectivity index (χ0v) is 18.3. The van der Waals surface area contributed by atoms with E-state index in [9.17, 15) is 14.9 Å². The zero-order chi connectivity index (χ0) is 21.5. The van der Waals surface area contributed by atoms with Crippen LogP contribution < -0.4 is 14.8 Å². The Balaban J connectivity index is 1.82. The molecule has 1 N–H and O–H groups in total. The van der Waals surface area contributed by atoms with E-state index < -0.39 is 4.92 Å². The SMILES string of the molecule is CCOc1c(I)cc(C(=O)Nc2ccc([N+](=O)[O-])cc2)cc1OCc1ccccc1. The molecule has 3 aromatic carbocycles. The first-order valence-corrected chi connectivity index (χ1v) is 10.2. The molecule has 8 heteroatoms. The maximum atomic E-state index is 12.7. The largest absolute Gasteiger partial charge is 0.489 e. The highest BCUT2D eigenvalue weighted by Gasteiger charge is 2.17. The number of anilines is 1. The fraction of sp³-hybridized carbons (Fsp3) is 0.136. The molecule has 0 saturated heterocycles. The van der Waals surface area contributed by atoms with Crippen LogP contribution >= 0.6 is 22.6 Å². The molecule has 3 rings (SSSR count). The Morgan fingerprint density at radius 3 is 2.40 bits per heavy atom. The molecule has 0 atom stereocenters. The van der Waals surface area contributed by atoms with Gasteiger partial charge in [-0.3, -0.25) is 14.9 Å². The van der Waals surface area contributed by atoms with E-state index in [2.05, 4.69) is 27.9 Å². The van der Waals surface area contributed by atoms with Crippen LogP contribution in [0.5, 0.6) is 11.5 Å². The van der Waals surface area contributed by atoms with Gasteiger partial charge in [-0.05, 0) is 59.3 Å². The number of ether oxygens (including phenoxy) is 2. The molecule has 0 saturated carbocycles. The molecule has 0 fully saturated rings. The molecule has 0 aliphatic rings. The average molecular weight is 518 g/mol. The summed E-state index contributed by atoms with van der Waals surface area (Å²) in [6, 6.07) is 18.7. The fourth-order valence-electron chi connectivity index (χ4n) is 2.70. The summed E-state index contributed by atoms with van der Waals surface area (Å²) in [6.45, 7) is 2.68. The van der Waals surface area contributed by atoms with Crippen molar-refractivity contribution in [2.75, 3.05) is 11.9 Å². The van der Waals surface area contributed by atoms with E-state index in [-0.39, 0.29) is 11.6 Å². The predicted octanol–water partition coefficient (Wildman–Crippen LogP) is 5.43. The smallest absolute Gasteiger partial charge is 0.269 e. The van der Waals surface area contributed by atoms with Gasteiger partial charge in [0.15, 0.2) is 11.5 Å². The van der Waals surface area contributed by atoms with E-state index in [1.54, 1.807) is 12.1 Å². The number of nitro benzene ring substituents is 1. The number of nitrogens with zero attached hydrogens (tertiary/aromatic N) is 1. The maximum absolute atomic E-state index is 12.7. The van der Waals surface area contributed by atoms with Crippen molar-refractivity contribution in [3.8, 4) is 11.5 Å². The van der Waals surface area contributed by atoms with E-state index in [4.69, 9.17) is 9.47 Å². The highest BCUT2D eigenvalue weighted by atomic mass is 127. The van der Waals surface area contributed by atoms with Gasteiger partial charge in [0.1, 0.15) is 6.61 Å². The summed E-state index contributed by atoms with van der Waals surface area (Å²) in [5, 5.41) is 13.5. The summed E-state index contributed by atoms with van der Waals surface area (Å²) in [5.74, 6) is 0.705. The lowest BCUT2D eigenvalue weighted by Crippen LogP contribution is -2.13. The Kier molecular flexibility index (Phi) is 7.23. The first-order chi connectivity index (χ1) is 14.5. The molecule has 0 aromatic heterocycles. The van der Waals surface area contributed by atoms with Crippen molar-refractivity contribution in [3.05, 3.63) is 91.5 Å². The molecule has 7 nitrogen and oxygen atoms in total. The van der Waals surface area contributed by atoms with Gasteiger partial charge in [-0.2, -0.15) is 0 Å². The van der Waals surface area contributed by atoms with Crippen LogP contribution in [0.4, 0.5) is 11.4 Å². The van der Waals surface area contributed by atoms with Crippen LogP contribution in [0, 0.1) is 13.7 Å². The first-order valence-electron chi connectivity index (χ1n) is 9.16. The summed E-state index contributed by atoms with van der Waals surface area (Å²) >= 11 is 2.11. The van der Waals surface area contributed by atoms with E-state index in [1.807, 2.05) is 37.3 Å². The average Bonchev–Trinajstić information content (AvgIpc) is 2.75. The molecule has 0 aliphatic heterocycles. The summed E-state index contributed by atoms with van der Waals surface area (Å²) < 4.78 is 12.4. The molecule has 154 valence electrons. The standard InChI is InChI=1S/C22H19IN2O5/c1-2-29-21-19(23)12-16(13-20(21)30-14-15-6-4-3-5-7-15)22(26)24-17-8-10-18(11-9-17)25(27)28/h3-13H,2,14H2,1H3,(H,24,26). The number of hydrogen-bond acceptors (Lipinski definition) is 5. The van der Waals surface area contributed by atoms with Gasteiger partial charge in [0.2, 0.25) is 0 Å². The zero-order valence-electron chi connectivity index (χ0n) is 16.1. The summed E-state index contributed by atoms with van der Waals surface area (Å²) in [4.78, 5) is 23.0. The molecule has 1 amide bonds. The lowest BCUT2D eigenvalue weighted by atomic mass is 10.1. The summed E-state index contributed by atoms with van der Waals surface area (Å²) in [7, 11) is 0. The second-order valence-corrected chi connectivity index (χ2v) is 7.41. The van der Waals surface area contributed by atoms with E-state index in [0.29, 0.717) is 36.0 Å². The number of halogens is 1. The van der Waals surface area contributed by atoms with Crippen molar-refractivity contribution in [2.45, 2.75) is 13.5 Å².